The van der Waals surface area contributed by atoms with Crippen molar-refractivity contribution in [3.8, 4) is 6.07 Å². The minimum Gasteiger partial charge on any atom is -0.443 e. The molecule has 1 atom stereocenters. The molecular formula is C12H9NO2S. The summed E-state index contributed by atoms with van der Waals surface area (Å²) < 4.78 is 5.97. The van der Waals surface area contributed by atoms with E-state index in [4.69, 9.17) is 10.00 Å². The molecule has 0 N–H and O–H groups in total. The number of nitrogens with zero attached hydrogens (tertiary/aromatic N) is 1. The van der Waals surface area contributed by atoms with Crippen LogP contribution in [-0.2, 0) is 4.74 Å². The SMILES string of the molecule is C[C@@H](C#N)OC(=O)c1cc2ccccc2s1. The average Bonchev–Trinajstić information content (AvgIpc) is 2.72. The molecule has 16 heavy (non-hydrogen) atoms. The molecule has 4 heteroatoms. The third kappa shape index (κ3) is 2.05. The van der Waals surface area contributed by atoms with Crippen molar-refractivity contribution >= 4 is 27.4 Å². The van der Waals surface area contributed by atoms with E-state index < -0.39 is 12.1 Å². The van der Waals surface area contributed by atoms with Crippen LogP contribution in [-0.4, -0.2) is 12.1 Å². The van der Waals surface area contributed by atoms with Gasteiger partial charge in [0.05, 0.1) is 0 Å². The summed E-state index contributed by atoms with van der Waals surface area (Å²) in [5, 5.41) is 9.56. The molecule has 0 radical (unpaired) electrons. The lowest BCUT2D eigenvalue weighted by Gasteiger charge is -2.02. The molecule has 0 aliphatic rings. The number of benzene rings is 1. The summed E-state index contributed by atoms with van der Waals surface area (Å²) in [6.45, 7) is 1.55. The topological polar surface area (TPSA) is 50.1 Å². The molecule has 1 heterocycles. The first kappa shape index (κ1) is 10.7. The summed E-state index contributed by atoms with van der Waals surface area (Å²) >= 11 is 1.37. The third-order valence-corrected chi connectivity index (χ3v) is 3.19. The Morgan fingerprint density at radius 1 is 1.50 bits per heavy atom. The summed E-state index contributed by atoms with van der Waals surface area (Å²) in [5.41, 5.74) is 0. The van der Waals surface area contributed by atoms with Gasteiger partial charge in [-0.2, -0.15) is 5.26 Å². The maximum Gasteiger partial charge on any atom is 0.349 e. The molecule has 0 bridgehead atoms. The third-order valence-electron chi connectivity index (χ3n) is 2.09. The molecular weight excluding hydrogens is 222 g/mol. The first-order valence-corrected chi connectivity index (χ1v) is 5.61. The summed E-state index contributed by atoms with van der Waals surface area (Å²) in [7, 11) is 0. The molecule has 2 rings (SSSR count). The van der Waals surface area contributed by atoms with Gasteiger partial charge in [-0.1, -0.05) is 18.2 Å². The van der Waals surface area contributed by atoms with Gasteiger partial charge in [0, 0.05) is 4.70 Å². The fourth-order valence-corrected chi connectivity index (χ4v) is 2.27. The monoisotopic (exact) mass is 231 g/mol. The summed E-state index contributed by atoms with van der Waals surface area (Å²) in [6, 6.07) is 11.4. The molecule has 1 aromatic carbocycles. The minimum atomic E-state index is -0.710. The predicted octanol–water partition coefficient (Wildman–Crippen LogP) is 2.97. The number of thiophene rings is 1. The molecule has 0 aliphatic heterocycles. The molecule has 0 aliphatic carbocycles. The van der Waals surface area contributed by atoms with Crippen LogP contribution >= 0.6 is 11.3 Å². The van der Waals surface area contributed by atoms with E-state index in [1.165, 1.54) is 11.3 Å². The lowest BCUT2D eigenvalue weighted by Crippen LogP contribution is -2.11. The van der Waals surface area contributed by atoms with E-state index in [1.54, 1.807) is 13.0 Å². The van der Waals surface area contributed by atoms with E-state index in [2.05, 4.69) is 0 Å². The van der Waals surface area contributed by atoms with Crippen molar-refractivity contribution in [1.82, 2.24) is 0 Å². The van der Waals surface area contributed by atoms with Gasteiger partial charge in [-0.05, 0) is 24.4 Å². The van der Waals surface area contributed by atoms with Crippen LogP contribution in [0.3, 0.4) is 0 Å². The Labute approximate surface area is 96.9 Å². The van der Waals surface area contributed by atoms with Crippen LogP contribution in [0.5, 0.6) is 0 Å². The first-order chi connectivity index (χ1) is 7.70. The second kappa shape index (κ2) is 4.33. The van der Waals surface area contributed by atoms with Crippen molar-refractivity contribution in [3.63, 3.8) is 0 Å². The van der Waals surface area contributed by atoms with Gasteiger partial charge in [-0.25, -0.2) is 4.79 Å². The molecule has 0 unspecified atom stereocenters. The highest BCUT2D eigenvalue weighted by Gasteiger charge is 2.14. The van der Waals surface area contributed by atoms with Crippen LogP contribution in [0.4, 0.5) is 0 Å². The van der Waals surface area contributed by atoms with E-state index in [0.29, 0.717) is 4.88 Å². The molecule has 80 valence electrons. The standard InChI is InChI=1S/C12H9NO2S/c1-8(7-13)15-12(14)11-6-9-4-2-3-5-10(9)16-11/h2-6,8H,1H3/t8-/m0/s1. The number of rotatable bonds is 2. The normalized spacial score (nSPS) is 12.0. The van der Waals surface area contributed by atoms with Crippen LogP contribution < -0.4 is 0 Å². The Hall–Kier alpha value is -1.86. The van der Waals surface area contributed by atoms with Crippen molar-refractivity contribution in [2.75, 3.05) is 0 Å². The number of nitriles is 1. The Morgan fingerprint density at radius 2 is 2.25 bits per heavy atom. The zero-order valence-electron chi connectivity index (χ0n) is 8.64. The zero-order chi connectivity index (χ0) is 11.5. The second-order valence-electron chi connectivity index (χ2n) is 3.33. The van der Waals surface area contributed by atoms with Gasteiger partial charge in [0.15, 0.2) is 6.10 Å². The molecule has 0 saturated heterocycles. The van der Waals surface area contributed by atoms with Crippen molar-refractivity contribution in [1.29, 1.82) is 5.26 Å². The van der Waals surface area contributed by atoms with Crippen LogP contribution in [0.15, 0.2) is 30.3 Å². The van der Waals surface area contributed by atoms with Gasteiger partial charge in [0.25, 0.3) is 0 Å². The molecule has 2 aromatic rings. The number of fused-ring (bicyclic) bond motifs is 1. The largest absolute Gasteiger partial charge is 0.443 e. The molecule has 0 fully saturated rings. The number of ether oxygens (including phenoxy) is 1. The lowest BCUT2D eigenvalue weighted by atomic mass is 10.2. The van der Waals surface area contributed by atoms with Crippen LogP contribution in [0.25, 0.3) is 10.1 Å². The molecule has 0 saturated carbocycles. The van der Waals surface area contributed by atoms with Gasteiger partial charge >= 0.3 is 5.97 Å². The minimum absolute atomic E-state index is 0.435. The van der Waals surface area contributed by atoms with Crippen molar-refractivity contribution in [3.05, 3.63) is 35.2 Å². The highest BCUT2D eigenvalue weighted by atomic mass is 32.1. The number of esters is 1. The smallest absolute Gasteiger partial charge is 0.349 e. The predicted molar refractivity (Wildman–Crippen MR) is 62.3 cm³/mol. The van der Waals surface area contributed by atoms with Crippen LogP contribution in [0.2, 0.25) is 0 Å². The van der Waals surface area contributed by atoms with E-state index in [0.717, 1.165) is 10.1 Å². The van der Waals surface area contributed by atoms with Gasteiger partial charge in [0.2, 0.25) is 0 Å². The van der Waals surface area contributed by atoms with Gasteiger partial charge in [0.1, 0.15) is 10.9 Å². The first-order valence-electron chi connectivity index (χ1n) is 4.80. The van der Waals surface area contributed by atoms with Crippen molar-refractivity contribution < 1.29 is 9.53 Å². The number of hydrogen-bond acceptors (Lipinski definition) is 4. The van der Waals surface area contributed by atoms with E-state index in [-0.39, 0.29) is 0 Å². The summed E-state index contributed by atoms with van der Waals surface area (Å²) in [4.78, 5) is 12.2. The zero-order valence-corrected chi connectivity index (χ0v) is 9.45. The fraction of sp³-hybridized carbons (Fsp3) is 0.167. The quantitative estimate of drug-likeness (QED) is 0.746. The number of carbonyl (C=O) groups is 1. The second-order valence-corrected chi connectivity index (χ2v) is 4.41. The van der Waals surface area contributed by atoms with Gasteiger partial charge in [-0.15, -0.1) is 11.3 Å². The Kier molecular flexibility index (Phi) is 2.88. The van der Waals surface area contributed by atoms with Crippen LogP contribution in [0.1, 0.15) is 16.6 Å². The molecule has 0 amide bonds. The Morgan fingerprint density at radius 3 is 2.94 bits per heavy atom. The summed E-state index contributed by atoms with van der Waals surface area (Å²) in [5.74, 6) is -0.435. The van der Waals surface area contributed by atoms with E-state index in [1.807, 2.05) is 30.3 Å². The highest BCUT2D eigenvalue weighted by Crippen LogP contribution is 2.25. The number of hydrogen-bond donors (Lipinski definition) is 0. The lowest BCUT2D eigenvalue weighted by molar-refractivity contribution is 0.0441. The maximum absolute atomic E-state index is 11.6. The molecule has 3 nitrogen and oxygen atoms in total. The maximum atomic E-state index is 11.6. The molecule has 0 spiro atoms. The fourth-order valence-electron chi connectivity index (χ4n) is 1.33. The van der Waals surface area contributed by atoms with Gasteiger partial charge in [-0.3, -0.25) is 0 Å². The van der Waals surface area contributed by atoms with Crippen molar-refractivity contribution in [2.24, 2.45) is 0 Å². The highest BCUT2D eigenvalue weighted by molar-refractivity contribution is 7.20. The average molecular weight is 231 g/mol. The Bertz CT molecular complexity index is 535. The van der Waals surface area contributed by atoms with Crippen molar-refractivity contribution in [2.45, 2.75) is 13.0 Å². The summed E-state index contributed by atoms with van der Waals surface area (Å²) in [6.07, 6.45) is -0.710. The molecule has 1 aromatic heterocycles. The van der Waals surface area contributed by atoms with E-state index in [9.17, 15) is 4.79 Å². The number of carbonyl (C=O) groups excluding carboxylic acids is 1. The Balaban J connectivity index is 2.27. The van der Waals surface area contributed by atoms with E-state index >= 15 is 0 Å². The van der Waals surface area contributed by atoms with Gasteiger partial charge < -0.3 is 4.74 Å². The van der Waals surface area contributed by atoms with Crippen LogP contribution in [0, 0.1) is 11.3 Å².